The van der Waals surface area contributed by atoms with E-state index < -0.39 is 11.9 Å². The molecule has 0 spiro atoms. The number of esters is 1. The van der Waals surface area contributed by atoms with Gasteiger partial charge in [-0.15, -0.1) is 0 Å². The summed E-state index contributed by atoms with van der Waals surface area (Å²) in [5.41, 5.74) is 0.227. The Morgan fingerprint density at radius 1 is 1.33 bits per heavy atom. The number of rotatable bonds is 4. The summed E-state index contributed by atoms with van der Waals surface area (Å²) < 4.78 is 4.96. The molecule has 1 aromatic rings. The van der Waals surface area contributed by atoms with Crippen molar-refractivity contribution in [2.75, 3.05) is 0 Å². The highest BCUT2D eigenvalue weighted by Gasteiger charge is 2.13. The van der Waals surface area contributed by atoms with Crippen LogP contribution in [0.3, 0.4) is 0 Å². The van der Waals surface area contributed by atoms with Gasteiger partial charge in [-0.05, 0) is 12.1 Å². The van der Waals surface area contributed by atoms with Crippen LogP contribution in [0.15, 0.2) is 35.0 Å². The van der Waals surface area contributed by atoms with Gasteiger partial charge in [0.15, 0.2) is 0 Å². The van der Waals surface area contributed by atoms with Crippen molar-refractivity contribution in [1.29, 1.82) is 0 Å². The third-order valence-corrected chi connectivity index (χ3v) is 2.17. The first-order chi connectivity index (χ1) is 8.54. The van der Waals surface area contributed by atoms with Gasteiger partial charge in [0.2, 0.25) is 0 Å². The number of hydrogen-bond acceptors (Lipinski definition) is 3. The molecule has 0 aliphatic heterocycles. The van der Waals surface area contributed by atoms with Crippen molar-refractivity contribution in [3.8, 4) is 5.75 Å². The van der Waals surface area contributed by atoms with Gasteiger partial charge < -0.3 is 10.1 Å². The number of halogens is 2. The zero-order valence-electron chi connectivity index (χ0n) is 9.57. The smallest absolute Gasteiger partial charge is 0.310 e. The summed E-state index contributed by atoms with van der Waals surface area (Å²) in [7, 11) is 0. The van der Waals surface area contributed by atoms with E-state index in [2.05, 4.69) is 5.32 Å². The number of amides is 1. The quantitative estimate of drug-likeness (QED) is 0.684. The van der Waals surface area contributed by atoms with Crippen LogP contribution in [0.25, 0.3) is 0 Å². The second-order valence-corrected chi connectivity index (χ2v) is 4.24. The lowest BCUT2D eigenvalue weighted by molar-refractivity contribution is -0.134. The molecule has 0 saturated carbocycles. The lowest BCUT2D eigenvalue weighted by atomic mass is 10.2. The molecular weight excluding hydrogens is 277 g/mol. The summed E-state index contributed by atoms with van der Waals surface area (Å²) in [5, 5.41) is 2.37. The fraction of sp³-hybridized carbons (Fsp3) is 0.167. The van der Waals surface area contributed by atoms with Crippen LogP contribution >= 0.6 is 23.2 Å². The van der Waals surface area contributed by atoms with E-state index in [0.29, 0.717) is 0 Å². The van der Waals surface area contributed by atoms with E-state index in [-0.39, 0.29) is 22.2 Å². The fourth-order valence-electron chi connectivity index (χ4n) is 1.14. The molecule has 0 aromatic heterocycles. The van der Waals surface area contributed by atoms with Crippen molar-refractivity contribution in [3.05, 3.63) is 40.5 Å². The van der Waals surface area contributed by atoms with Crippen molar-refractivity contribution >= 4 is 35.1 Å². The van der Waals surface area contributed by atoms with Crippen molar-refractivity contribution < 1.29 is 14.3 Å². The topological polar surface area (TPSA) is 55.4 Å². The van der Waals surface area contributed by atoms with Crippen LogP contribution in [0, 0.1) is 0 Å². The monoisotopic (exact) mass is 287 g/mol. The first-order valence-electron chi connectivity index (χ1n) is 5.16. The molecule has 0 bridgehead atoms. The first-order valence-corrected chi connectivity index (χ1v) is 5.92. The van der Waals surface area contributed by atoms with Crippen molar-refractivity contribution in [3.63, 3.8) is 0 Å². The van der Waals surface area contributed by atoms with Gasteiger partial charge in [-0.1, -0.05) is 42.3 Å². The molecule has 0 saturated heterocycles. The van der Waals surface area contributed by atoms with Crippen LogP contribution < -0.4 is 10.1 Å². The lowest BCUT2D eigenvalue weighted by Gasteiger charge is -2.08. The van der Waals surface area contributed by atoms with Crippen molar-refractivity contribution in [2.24, 2.45) is 0 Å². The molecule has 0 unspecified atom stereocenters. The van der Waals surface area contributed by atoms with E-state index in [1.807, 2.05) is 0 Å². The average Bonchev–Trinajstić information content (AvgIpc) is 2.36. The van der Waals surface area contributed by atoms with Gasteiger partial charge in [-0.3, -0.25) is 9.59 Å². The normalized spacial score (nSPS) is 9.50. The summed E-state index contributed by atoms with van der Waals surface area (Å²) >= 11 is 10.8. The van der Waals surface area contributed by atoms with Gasteiger partial charge in [0.1, 0.15) is 10.2 Å². The highest BCUT2D eigenvalue weighted by atomic mass is 35.5. The number of benzene rings is 1. The minimum absolute atomic E-state index is 0.0774. The SMILES string of the molecule is CCC(=O)Oc1ccccc1C(=O)NC=C(Cl)Cl. The number of carbonyl (C=O) groups is 2. The van der Waals surface area contributed by atoms with Gasteiger partial charge in [0, 0.05) is 12.6 Å². The van der Waals surface area contributed by atoms with Crippen molar-refractivity contribution in [1.82, 2.24) is 5.32 Å². The predicted octanol–water partition coefficient (Wildman–Crippen LogP) is 3.01. The molecule has 0 aliphatic rings. The highest BCUT2D eigenvalue weighted by molar-refractivity contribution is 6.55. The van der Waals surface area contributed by atoms with Gasteiger partial charge in [-0.25, -0.2) is 0 Å². The minimum Gasteiger partial charge on any atom is -0.426 e. The standard InChI is InChI=1S/C12H11Cl2NO3/c1-2-11(16)18-9-6-4-3-5-8(9)12(17)15-7-10(13)14/h3-7H,2H2,1H3,(H,15,17). The van der Waals surface area contributed by atoms with E-state index in [4.69, 9.17) is 27.9 Å². The maximum absolute atomic E-state index is 11.8. The summed E-state index contributed by atoms with van der Waals surface area (Å²) in [6.07, 6.45) is 1.37. The zero-order valence-corrected chi connectivity index (χ0v) is 11.1. The van der Waals surface area contributed by atoms with Gasteiger partial charge in [0.25, 0.3) is 5.91 Å². The number of para-hydroxylation sites is 1. The Morgan fingerprint density at radius 2 is 2.00 bits per heavy atom. The maximum atomic E-state index is 11.8. The zero-order chi connectivity index (χ0) is 13.5. The van der Waals surface area contributed by atoms with Gasteiger partial charge in [0.05, 0.1) is 5.56 Å². The summed E-state index contributed by atoms with van der Waals surface area (Å²) in [5.74, 6) is -0.685. The molecular formula is C12H11Cl2NO3. The molecule has 0 aliphatic carbocycles. The Labute approximate surface area is 115 Å². The van der Waals surface area contributed by atoms with E-state index in [9.17, 15) is 9.59 Å². The molecule has 4 nitrogen and oxygen atoms in total. The number of carbonyl (C=O) groups excluding carboxylic acids is 2. The van der Waals surface area contributed by atoms with Crippen LogP contribution in [0.4, 0.5) is 0 Å². The molecule has 1 rings (SSSR count). The largest absolute Gasteiger partial charge is 0.426 e. The molecule has 0 fully saturated rings. The van der Waals surface area contributed by atoms with E-state index in [0.717, 1.165) is 6.20 Å². The Balaban J connectivity index is 2.91. The third-order valence-electron chi connectivity index (χ3n) is 1.96. The lowest BCUT2D eigenvalue weighted by Crippen LogP contribution is -2.19. The van der Waals surface area contributed by atoms with Crippen LogP contribution in [-0.2, 0) is 4.79 Å². The van der Waals surface area contributed by atoms with Gasteiger partial charge in [-0.2, -0.15) is 0 Å². The summed E-state index contributed by atoms with van der Waals surface area (Å²) in [6, 6.07) is 6.39. The number of nitrogens with one attached hydrogen (secondary N) is 1. The third kappa shape index (κ3) is 4.39. The van der Waals surface area contributed by atoms with Crippen LogP contribution in [0.2, 0.25) is 0 Å². The van der Waals surface area contributed by atoms with Crippen LogP contribution in [-0.4, -0.2) is 11.9 Å². The van der Waals surface area contributed by atoms with E-state index in [1.165, 1.54) is 12.1 Å². The number of ether oxygens (including phenoxy) is 1. The average molecular weight is 288 g/mol. The molecule has 1 amide bonds. The second-order valence-electron chi connectivity index (χ2n) is 3.23. The molecule has 0 heterocycles. The van der Waals surface area contributed by atoms with Crippen LogP contribution in [0.5, 0.6) is 5.75 Å². The minimum atomic E-state index is -0.465. The molecule has 0 atom stereocenters. The molecule has 1 aromatic carbocycles. The number of hydrogen-bond donors (Lipinski definition) is 1. The fourth-order valence-corrected chi connectivity index (χ4v) is 1.24. The second kappa shape index (κ2) is 7.03. The van der Waals surface area contributed by atoms with E-state index in [1.54, 1.807) is 19.1 Å². The Kier molecular flexibility index (Phi) is 5.68. The molecule has 18 heavy (non-hydrogen) atoms. The summed E-state index contributed by atoms with van der Waals surface area (Å²) in [4.78, 5) is 23.0. The maximum Gasteiger partial charge on any atom is 0.310 e. The highest BCUT2D eigenvalue weighted by Crippen LogP contribution is 2.18. The summed E-state index contributed by atoms with van der Waals surface area (Å²) in [6.45, 7) is 1.67. The molecule has 1 N–H and O–H groups in total. The molecule has 6 heteroatoms. The van der Waals surface area contributed by atoms with Gasteiger partial charge >= 0.3 is 5.97 Å². The molecule has 0 radical (unpaired) electrons. The van der Waals surface area contributed by atoms with Crippen molar-refractivity contribution in [2.45, 2.75) is 13.3 Å². The first kappa shape index (κ1) is 14.5. The molecule has 96 valence electrons. The van der Waals surface area contributed by atoms with Crippen LogP contribution in [0.1, 0.15) is 23.7 Å². The predicted molar refractivity (Wildman–Crippen MR) is 69.6 cm³/mol. The Morgan fingerprint density at radius 3 is 2.61 bits per heavy atom. The Bertz CT molecular complexity index is 482. The Hall–Kier alpha value is -1.52. The van der Waals surface area contributed by atoms with E-state index >= 15 is 0 Å².